The van der Waals surface area contributed by atoms with E-state index in [0.717, 1.165) is 0 Å². The topological polar surface area (TPSA) is 70.0 Å². The zero-order valence-electron chi connectivity index (χ0n) is 8.54. The molecule has 0 fully saturated rings. The first-order valence-corrected chi connectivity index (χ1v) is 4.34. The predicted octanol–water partition coefficient (Wildman–Crippen LogP) is 1.14. The average Bonchev–Trinajstić information content (AvgIpc) is 2.18. The molecule has 0 radical (unpaired) electrons. The lowest BCUT2D eigenvalue weighted by atomic mass is 10.1. The van der Waals surface area contributed by atoms with E-state index >= 15 is 0 Å². The fourth-order valence-corrected chi connectivity index (χ4v) is 1.30. The molecule has 0 aliphatic carbocycles. The molecule has 0 amide bonds. The maximum atomic E-state index is 10.9. The monoisotopic (exact) mass is 211 g/mol. The van der Waals surface area contributed by atoms with E-state index in [4.69, 9.17) is 9.84 Å². The summed E-state index contributed by atoms with van der Waals surface area (Å²) in [5, 5.41) is 18.7. The number of hydroxylamine groups is 2. The molecule has 1 aromatic carbocycles. The van der Waals surface area contributed by atoms with Gasteiger partial charge in [0.1, 0.15) is 5.75 Å². The lowest BCUT2D eigenvalue weighted by molar-refractivity contribution is -0.163. The second kappa shape index (κ2) is 4.77. The minimum Gasteiger partial charge on any atom is -0.497 e. The molecule has 0 spiro atoms. The predicted molar refractivity (Wildman–Crippen MR) is 52.9 cm³/mol. The van der Waals surface area contributed by atoms with Crippen LogP contribution in [0.3, 0.4) is 0 Å². The van der Waals surface area contributed by atoms with Crippen molar-refractivity contribution < 1.29 is 19.8 Å². The molecule has 0 saturated carbocycles. The zero-order chi connectivity index (χ0) is 11.4. The summed E-state index contributed by atoms with van der Waals surface area (Å²) in [4.78, 5) is 10.9. The van der Waals surface area contributed by atoms with Gasteiger partial charge in [-0.25, -0.2) is 0 Å². The van der Waals surface area contributed by atoms with E-state index in [9.17, 15) is 10.0 Å². The molecule has 1 aromatic rings. The van der Waals surface area contributed by atoms with Crippen molar-refractivity contribution in [1.29, 1.82) is 0 Å². The van der Waals surface area contributed by atoms with Crippen LogP contribution in [-0.4, -0.2) is 35.5 Å². The van der Waals surface area contributed by atoms with E-state index in [1.54, 1.807) is 24.3 Å². The number of aliphatic carboxylic acids is 1. The maximum absolute atomic E-state index is 10.9. The molecule has 0 aromatic heterocycles. The standard InChI is InChI=1S/C10H13NO4/c1-11(14)9(10(12)13)7-3-5-8(15-2)6-4-7/h3-6,9,14H,1-2H3,(H,12,13). The first-order valence-electron chi connectivity index (χ1n) is 4.34. The van der Waals surface area contributed by atoms with Gasteiger partial charge in [-0.2, -0.15) is 5.06 Å². The van der Waals surface area contributed by atoms with Crippen molar-refractivity contribution in [2.75, 3.05) is 14.2 Å². The Balaban J connectivity index is 2.97. The van der Waals surface area contributed by atoms with Crippen LogP contribution in [0.2, 0.25) is 0 Å². The van der Waals surface area contributed by atoms with E-state index in [2.05, 4.69) is 0 Å². The Labute approximate surface area is 87.5 Å². The van der Waals surface area contributed by atoms with Crippen molar-refractivity contribution in [1.82, 2.24) is 5.06 Å². The highest BCUT2D eigenvalue weighted by molar-refractivity contribution is 5.75. The van der Waals surface area contributed by atoms with Gasteiger partial charge in [0.15, 0.2) is 6.04 Å². The van der Waals surface area contributed by atoms with Crippen LogP contribution < -0.4 is 4.74 Å². The number of methoxy groups -OCH3 is 1. The van der Waals surface area contributed by atoms with Gasteiger partial charge in [-0.1, -0.05) is 12.1 Å². The van der Waals surface area contributed by atoms with Gasteiger partial charge in [-0.05, 0) is 17.7 Å². The first kappa shape index (κ1) is 11.5. The maximum Gasteiger partial charge on any atom is 0.327 e. The number of hydrogen-bond acceptors (Lipinski definition) is 4. The zero-order valence-corrected chi connectivity index (χ0v) is 8.54. The summed E-state index contributed by atoms with van der Waals surface area (Å²) in [6.45, 7) is 0. The van der Waals surface area contributed by atoms with Gasteiger partial charge in [-0.15, -0.1) is 0 Å². The van der Waals surface area contributed by atoms with Crippen LogP contribution in [0, 0.1) is 0 Å². The Morgan fingerprint density at radius 3 is 2.27 bits per heavy atom. The highest BCUT2D eigenvalue weighted by Gasteiger charge is 2.23. The van der Waals surface area contributed by atoms with Crippen molar-refractivity contribution in [2.24, 2.45) is 0 Å². The Kier molecular flexibility index (Phi) is 3.65. The number of carbonyl (C=O) groups is 1. The third kappa shape index (κ3) is 2.68. The average molecular weight is 211 g/mol. The van der Waals surface area contributed by atoms with Crippen LogP contribution in [0.1, 0.15) is 11.6 Å². The molecule has 82 valence electrons. The lowest BCUT2D eigenvalue weighted by Gasteiger charge is -2.18. The number of likely N-dealkylation sites (N-methyl/N-ethyl adjacent to an activating group) is 1. The minimum atomic E-state index is -1.11. The smallest absolute Gasteiger partial charge is 0.327 e. The summed E-state index contributed by atoms with van der Waals surface area (Å²) in [7, 11) is 2.82. The fraction of sp³-hybridized carbons (Fsp3) is 0.300. The molecule has 0 saturated heterocycles. The molecule has 1 atom stereocenters. The van der Waals surface area contributed by atoms with Crippen LogP contribution in [-0.2, 0) is 4.79 Å². The van der Waals surface area contributed by atoms with Gasteiger partial charge < -0.3 is 15.1 Å². The van der Waals surface area contributed by atoms with Gasteiger partial charge >= 0.3 is 5.97 Å². The molecule has 0 heterocycles. The molecule has 15 heavy (non-hydrogen) atoms. The van der Waals surface area contributed by atoms with Gasteiger partial charge in [-0.3, -0.25) is 4.79 Å². The van der Waals surface area contributed by atoms with Crippen molar-refractivity contribution in [3.63, 3.8) is 0 Å². The fourth-order valence-electron chi connectivity index (χ4n) is 1.30. The van der Waals surface area contributed by atoms with E-state index < -0.39 is 12.0 Å². The molecule has 5 heteroatoms. The summed E-state index contributed by atoms with van der Waals surface area (Å²) >= 11 is 0. The number of ether oxygens (including phenoxy) is 1. The number of carboxylic acids is 1. The molecule has 0 bridgehead atoms. The number of hydrogen-bond donors (Lipinski definition) is 2. The SMILES string of the molecule is COc1ccc(C(C(=O)O)N(C)O)cc1. The summed E-state index contributed by atoms with van der Waals surface area (Å²) in [5.74, 6) is -0.464. The summed E-state index contributed by atoms with van der Waals surface area (Å²) < 4.78 is 4.95. The molecule has 2 N–H and O–H groups in total. The number of nitrogens with zero attached hydrogens (tertiary/aromatic N) is 1. The van der Waals surface area contributed by atoms with Gasteiger partial charge in [0.2, 0.25) is 0 Å². The summed E-state index contributed by atoms with van der Waals surface area (Å²) in [6, 6.07) is 5.44. The Bertz CT molecular complexity index is 334. The molecular weight excluding hydrogens is 198 g/mol. The van der Waals surface area contributed by atoms with E-state index in [-0.39, 0.29) is 0 Å². The molecular formula is C10H13NO4. The van der Waals surface area contributed by atoms with Crippen LogP contribution in [0.5, 0.6) is 5.75 Å². The second-order valence-electron chi connectivity index (χ2n) is 3.09. The van der Waals surface area contributed by atoms with Crippen LogP contribution >= 0.6 is 0 Å². The summed E-state index contributed by atoms with van der Waals surface area (Å²) in [5.41, 5.74) is 0.494. The largest absolute Gasteiger partial charge is 0.497 e. The van der Waals surface area contributed by atoms with Crippen molar-refractivity contribution in [3.05, 3.63) is 29.8 Å². The Morgan fingerprint density at radius 2 is 1.93 bits per heavy atom. The molecule has 1 rings (SSSR count). The molecule has 0 aliphatic rings. The van der Waals surface area contributed by atoms with Crippen molar-refractivity contribution in [2.45, 2.75) is 6.04 Å². The van der Waals surface area contributed by atoms with E-state index in [1.807, 2.05) is 0 Å². The van der Waals surface area contributed by atoms with Gasteiger partial charge in [0.05, 0.1) is 7.11 Å². The third-order valence-corrected chi connectivity index (χ3v) is 2.04. The highest BCUT2D eigenvalue weighted by Crippen LogP contribution is 2.21. The highest BCUT2D eigenvalue weighted by atomic mass is 16.5. The summed E-state index contributed by atoms with van der Waals surface area (Å²) in [6.07, 6.45) is 0. The normalized spacial score (nSPS) is 12.5. The first-order chi connectivity index (χ1) is 7.06. The van der Waals surface area contributed by atoms with E-state index in [0.29, 0.717) is 16.4 Å². The van der Waals surface area contributed by atoms with Crippen LogP contribution in [0.15, 0.2) is 24.3 Å². The third-order valence-electron chi connectivity index (χ3n) is 2.04. The number of benzene rings is 1. The van der Waals surface area contributed by atoms with Crippen LogP contribution in [0.4, 0.5) is 0 Å². The molecule has 1 unspecified atom stereocenters. The second-order valence-corrected chi connectivity index (χ2v) is 3.09. The Hall–Kier alpha value is -1.59. The number of carboxylic acid groups (broad SMARTS) is 1. The lowest BCUT2D eigenvalue weighted by Crippen LogP contribution is -2.27. The van der Waals surface area contributed by atoms with Crippen LogP contribution in [0.25, 0.3) is 0 Å². The van der Waals surface area contributed by atoms with Gasteiger partial charge in [0, 0.05) is 7.05 Å². The van der Waals surface area contributed by atoms with Crippen molar-refractivity contribution in [3.8, 4) is 5.75 Å². The quantitative estimate of drug-likeness (QED) is 0.731. The van der Waals surface area contributed by atoms with E-state index in [1.165, 1.54) is 14.2 Å². The minimum absolute atomic E-state index is 0.494. The molecule has 5 nitrogen and oxygen atoms in total. The Morgan fingerprint density at radius 1 is 1.40 bits per heavy atom. The molecule has 0 aliphatic heterocycles. The van der Waals surface area contributed by atoms with Gasteiger partial charge in [0.25, 0.3) is 0 Å². The number of rotatable bonds is 4. The van der Waals surface area contributed by atoms with Crippen molar-refractivity contribution >= 4 is 5.97 Å².